The number of amides is 2. The molecule has 184 valence electrons. The van der Waals surface area contributed by atoms with Crippen LogP contribution < -0.4 is 20.7 Å². The summed E-state index contributed by atoms with van der Waals surface area (Å²) in [5.41, 5.74) is 1.78. The molecule has 0 fully saturated rings. The second kappa shape index (κ2) is 11.6. The molecule has 3 rings (SSSR count). The molecule has 0 aliphatic heterocycles. The summed E-state index contributed by atoms with van der Waals surface area (Å²) in [6.07, 6.45) is 2.79. The molecule has 0 saturated carbocycles. The molecular weight excluding hydrogens is 466 g/mol. The molecule has 0 unspecified atom stereocenters. The van der Waals surface area contributed by atoms with Crippen molar-refractivity contribution in [1.29, 1.82) is 0 Å². The highest BCUT2D eigenvalue weighted by atomic mass is 32.2. The minimum atomic E-state index is -0.608. The Morgan fingerprint density at radius 1 is 1.06 bits per heavy atom. The molecule has 3 N–H and O–H groups in total. The van der Waals surface area contributed by atoms with Crippen molar-refractivity contribution in [3.05, 3.63) is 65.9 Å². The van der Waals surface area contributed by atoms with Gasteiger partial charge in [0.1, 0.15) is 22.7 Å². The van der Waals surface area contributed by atoms with Gasteiger partial charge in [0.2, 0.25) is 0 Å². The normalized spacial score (nSPS) is 10.9. The third-order valence-electron chi connectivity index (χ3n) is 4.58. The van der Waals surface area contributed by atoms with Crippen LogP contribution in [0, 0.1) is 0 Å². The molecule has 0 aliphatic carbocycles. The van der Waals surface area contributed by atoms with Crippen LogP contribution in [-0.2, 0) is 11.3 Å². The predicted molar refractivity (Wildman–Crippen MR) is 138 cm³/mol. The van der Waals surface area contributed by atoms with Crippen molar-refractivity contribution in [2.75, 3.05) is 24.0 Å². The largest absolute Gasteiger partial charge is 0.497 e. The zero-order chi connectivity index (χ0) is 25.4. The Hall–Kier alpha value is -3.79. The zero-order valence-corrected chi connectivity index (χ0v) is 21.2. The highest BCUT2D eigenvalue weighted by Crippen LogP contribution is 2.24. The van der Waals surface area contributed by atoms with E-state index in [-0.39, 0.29) is 5.91 Å². The number of aromatic nitrogens is 2. The van der Waals surface area contributed by atoms with Crippen molar-refractivity contribution in [3.8, 4) is 5.75 Å². The number of hydrogen-bond acceptors (Lipinski definition) is 8. The molecule has 2 amide bonds. The molecule has 1 heterocycles. The molecule has 0 radical (unpaired) electrons. The molecule has 35 heavy (non-hydrogen) atoms. The number of anilines is 3. The summed E-state index contributed by atoms with van der Waals surface area (Å²) in [5.74, 6) is 0.779. The van der Waals surface area contributed by atoms with Crippen LogP contribution in [0.2, 0.25) is 0 Å². The van der Waals surface area contributed by atoms with Crippen LogP contribution >= 0.6 is 11.8 Å². The number of benzene rings is 2. The van der Waals surface area contributed by atoms with E-state index in [0.717, 1.165) is 11.3 Å². The van der Waals surface area contributed by atoms with E-state index in [9.17, 15) is 9.59 Å². The number of nitrogens with one attached hydrogen (secondary N) is 3. The summed E-state index contributed by atoms with van der Waals surface area (Å²) >= 11 is 1.37. The average Bonchev–Trinajstić information content (AvgIpc) is 2.81. The predicted octanol–water partition coefficient (Wildman–Crippen LogP) is 5.23. The number of rotatable bonds is 8. The number of ether oxygens (including phenoxy) is 2. The lowest BCUT2D eigenvalue weighted by Crippen LogP contribution is -2.27. The first-order chi connectivity index (χ1) is 16.7. The van der Waals surface area contributed by atoms with E-state index in [1.807, 2.05) is 30.5 Å². The smallest absolute Gasteiger partial charge is 0.412 e. The van der Waals surface area contributed by atoms with Gasteiger partial charge in [-0.1, -0.05) is 30.0 Å². The third-order valence-corrected chi connectivity index (χ3v) is 5.14. The Morgan fingerprint density at radius 3 is 2.43 bits per heavy atom. The van der Waals surface area contributed by atoms with Gasteiger partial charge in [-0.2, -0.15) is 0 Å². The van der Waals surface area contributed by atoms with E-state index in [2.05, 4.69) is 25.9 Å². The van der Waals surface area contributed by atoms with Crippen LogP contribution in [0.15, 0.2) is 59.9 Å². The molecular formula is C25H29N5O4S. The maximum atomic E-state index is 13.0. The number of hydrogen-bond donors (Lipinski definition) is 3. The summed E-state index contributed by atoms with van der Waals surface area (Å²) in [4.78, 5) is 33.8. The second-order valence-electron chi connectivity index (χ2n) is 8.48. The van der Waals surface area contributed by atoms with E-state index in [1.54, 1.807) is 52.1 Å². The summed E-state index contributed by atoms with van der Waals surface area (Å²) in [5, 5.41) is 9.29. The van der Waals surface area contributed by atoms with Crippen molar-refractivity contribution >= 4 is 41.0 Å². The number of carbonyl (C=O) groups is 2. The Labute approximate surface area is 209 Å². The van der Waals surface area contributed by atoms with Gasteiger partial charge in [0.05, 0.1) is 7.11 Å². The van der Waals surface area contributed by atoms with Crippen molar-refractivity contribution in [2.45, 2.75) is 38.1 Å². The molecule has 0 atom stereocenters. The fraction of sp³-hybridized carbons (Fsp3) is 0.280. The Bertz CT molecular complexity index is 1180. The first-order valence-corrected chi connectivity index (χ1v) is 12.1. The maximum absolute atomic E-state index is 13.0. The van der Waals surface area contributed by atoms with Crippen molar-refractivity contribution in [3.63, 3.8) is 0 Å². The highest BCUT2D eigenvalue weighted by molar-refractivity contribution is 7.98. The van der Waals surface area contributed by atoms with Gasteiger partial charge in [-0.3, -0.25) is 10.1 Å². The van der Waals surface area contributed by atoms with Crippen molar-refractivity contribution in [2.24, 2.45) is 0 Å². The molecule has 0 saturated heterocycles. The zero-order valence-electron chi connectivity index (χ0n) is 20.3. The van der Waals surface area contributed by atoms with Gasteiger partial charge in [0.25, 0.3) is 5.91 Å². The van der Waals surface area contributed by atoms with Crippen molar-refractivity contribution < 1.29 is 19.1 Å². The van der Waals surface area contributed by atoms with E-state index in [0.29, 0.717) is 34.5 Å². The second-order valence-corrected chi connectivity index (χ2v) is 9.26. The lowest BCUT2D eigenvalue weighted by molar-refractivity contribution is 0.0635. The van der Waals surface area contributed by atoms with Gasteiger partial charge in [-0.15, -0.1) is 0 Å². The van der Waals surface area contributed by atoms with Gasteiger partial charge >= 0.3 is 6.09 Å². The Kier molecular flexibility index (Phi) is 8.53. The van der Waals surface area contributed by atoms with Gasteiger partial charge in [0, 0.05) is 24.1 Å². The van der Waals surface area contributed by atoms with Gasteiger partial charge in [-0.05, 0) is 62.9 Å². The van der Waals surface area contributed by atoms with Gasteiger partial charge in [-0.25, -0.2) is 14.8 Å². The third kappa shape index (κ3) is 7.89. The van der Waals surface area contributed by atoms with Crippen molar-refractivity contribution in [1.82, 2.24) is 15.3 Å². The monoisotopic (exact) mass is 495 g/mol. The molecule has 2 aromatic carbocycles. The van der Waals surface area contributed by atoms with Gasteiger partial charge in [0.15, 0.2) is 5.16 Å². The van der Waals surface area contributed by atoms with Gasteiger partial charge < -0.3 is 20.1 Å². The fourth-order valence-corrected chi connectivity index (χ4v) is 3.32. The fourth-order valence-electron chi connectivity index (χ4n) is 2.98. The first-order valence-electron chi connectivity index (χ1n) is 10.9. The lowest BCUT2D eigenvalue weighted by atomic mass is 10.2. The standard InChI is InChI=1S/C25H29N5O4S/c1-25(2,3)34-24(32)29-18-8-6-7-17(13-18)28-21-20(15-27-23(30-21)35-5)22(31)26-14-16-9-11-19(33-4)12-10-16/h6-13,15H,14H2,1-5H3,(H,26,31)(H,29,32)(H,27,28,30). The molecule has 0 aliphatic rings. The molecule has 0 bridgehead atoms. The quantitative estimate of drug-likeness (QED) is 0.288. The highest BCUT2D eigenvalue weighted by Gasteiger charge is 2.17. The molecule has 3 aromatic rings. The van der Waals surface area contributed by atoms with Crippen LogP contribution in [0.4, 0.5) is 22.0 Å². The minimum absolute atomic E-state index is 0.293. The number of thioether (sulfide) groups is 1. The number of methoxy groups -OCH3 is 1. The summed E-state index contributed by atoms with van der Waals surface area (Å²) < 4.78 is 10.5. The summed E-state index contributed by atoms with van der Waals surface area (Å²) in [6.45, 7) is 5.72. The van der Waals surface area contributed by atoms with Crippen LogP contribution in [0.25, 0.3) is 0 Å². The van der Waals surface area contributed by atoms with Crippen LogP contribution in [-0.4, -0.2) is 40.9 Å². The topological polar surface area (TPSA) is 114 Å². The number of nitrogens with zero attached hydrogens (tertiary/aromatic N) is 2. The minimum Gasteiger partial charge on any atom is -0.497 e. The number of carbonyl (C=O) groups excluding carboxylic acids is 2. The molecule has 0 spiro atoms. The van der Waals surface area contributed by atoms with E-state index in [4.69, 9.17) is 9.47 Å². The molecule has 1 aromatic heterocycles. The molecule has 10 heteroatoms. The maximum Gasteiger partial charge on any atom is 0.412 e. The van der Waals surface area contributed by atoms with E-state index in [1.165, 1.54) is 18.0 Å². The summed E-state index contributed by atoms with van der Waals surface area (Å²) in [7, 11) is 1.60. The van der Waals surface area contributed by atoms with Crippen LogP contribution in [0.1, 0.15) is 36.7 Å². The van der Waals surface area contributed by atoms with Crippen LogP contribution in [0.3, 0.4) is 0 Å². The SMILES string of the molecule is COc1ccc(CNC(=O)c2cnc(SC)nc2Nc2cccc(NC(=O)OC(C)(C)C)c2)cc1. The lowest BCUT2D eigenvalue weighted by Gasteiger charge is -2.20. The van der Waals surface area contributed by atoms with Crippen LogP contribution in [0.5, 0.6) is 5.75 Å². The first kappa shape index (κ1) is 25.8. The Balaban J connectivity index is 1.75. The average molecular weight is 496 g/mol. The van der Waals surface area contributed by atoms with E-state index >= 15 is 0 Å². The molecule has 9 nitrogen and oxygen atoms in total. The Morgan fingerprint density at radius 2 is 1.77 bits per heavy atom. The summed E-state index contributed by atoms with van der Waals surface area (Å²) in [6, 6.07) is 14.5. The van der Waals surface area contributed by atoms with E-state index < -0.39 is 11.7 Å².